The minimum Gasteiger partial charge on any atom is -0.447 e. The van der Waals surface area contributed by atoms with Crippen LogP contribution in [0.1, 0.15) is 6.92 Å². The van der Waals surface area contributed by atoms with Gasteiger partial charge in [0.25, 0.3) is 0 Å². The summed E-state index contributed by atoms with van der Waals surface area (Å²) in [6.45, 7) is 1.24. The Bertz CT molecular complexity index is 208. The van der Waals surface area contributed by atoms with Crippen molar-refractivity contribution in [1.29, 1.82) is 0 Å². The molecule has 0 heterocycles. The molecule has 0 unspecified atom stereocenters. The third-order valence-corrected chi connectivity index (χ3v) is 0.790. The quantitative estimate of drug-likeness (QED) is 0.269. The monoisotopic (exact) mass is 654 g/mol. The molecule has 0 aliphatic carbocycles. The van der Waals surface area contributed by atoms with Crippen molar-refractivity contribution < 1.29 is 92.5 Å². The Morgan fingerprint density at radius 2 is 1.36 bits per heavy atom. The molecule has 5 nitrogen and oxygen atoms in total. The van der Waals surface area contributed by atoms with Crippen LogP contribution in [0.4, 0.5) is 0 Å². The number of thiol groups is 2. The Morgan fingerprint density at radius 1 is 1.07 bits per heavy atom. The van der Waals surface area contributed by atoms with Gasteiger partial charge in [-0.2, -0.15) is 11.5 Å². The van der Waals surface area contributed by atoms with Gasteiger partial charge in [0.1, 0.15) is 0 Å². The number of hydrogen-bond donors (Lipinski definition) is 0. The second kappa shape index (κ2) is 36.2. The van der Waals surface area contributed by atoms with Crippen molar-refractivity contribution in [3.8, 4) is 0 Å². The number of carbonyl (C=O) groups is 1. The number of nitrogens with zero attached hydrogens (tertiary/aromatic N) is 2. The summed E-state index contributed by atoms with van der Waals surface area (Å²) in [5.41, 5.74) is 0. The first-order chi connectivity index (χ1) is 4.68. The van der Waals surface area contributed by atoms with Crippen LogP contribution in [0.25, 0.3) is 0 Å². The molecule has 11 heteroatoms. The molecule has 0 aliphatic heterocycles. The second-order valence-corrected chi connectivity index (χ2v) is 1.91. The van der Waals surface area contributed by atoms with E-state index in [4.69, 9.17) is 4.21 Å². The molecule has 0 aliphatic rings. The minimum absolute atomic E-state index is 0. The van der Waals surface area contributed by atoms with Crippen molar-refractivity contribution in [3.63, 3.8) is 0 Å². The maximum Gasteiger partial charge on any atom is 0.219 e. The largest absolute Gasteiger partial charge is 0.447 e. The molecular formula is C3H8N2O3S2V2W2-2. The first-order valence-electron chi connectivity index (χ1n) is 2.14. The summed E-state index contributed by atoms with van der Waals surface area (Å²) in [5, 5.41) is 0. The van der Waals surface area contributed by atoms with E-state index in [1.165, 1.54) is 14.0 Å². The summed E-state index contributed by atoms with van der Waals surface area (Å²) in [5.74, 6) is -0.410. The standard InChI is InChI=1S/C2H4NO2S.CH4NOS.2V.2W/c1-2(4)3-6-5;1-2-4-3;;;;/h6H,1H3;4H,1H3;;;;/q2*-1;;;;. The van der Waals surface area contributed by atoms with Crippen LogP contribution in [-0.2, 0) is 115 Å². The molecule has 0 fully saturated rings. The van der Waals surface area contributed by atoms with Crippen LogP contribution in [0, 0.1) is 0 Å². The predicted octanol–water partition coefficient (Wildman–Crippen LogP) is -0.173. The molecule has 0 aromatic heterocycles. The normalized spacial score (nSPS) is 5.00. The van der Waals surface area contributed by atoms with Crippen LogP contribution in [0.15, 0.2) is 8.73 Å². The zero-order chi connectivity index (χ0) is 8.41. The fourth-order valence-corrected chi connectivity index (χ4v) is 0.172. The molecule has 0 saturated heterocycles. The molecule has 0 saturated carbocycles. The second-order valence-electron chi connectivity index (χ2n) is 0.982. The Hall–Kier alpha value is 2.12. The molecule has 0 spiro atoms. The van der Waals surface area contributed by atoms with E-state index in [9.17, 15) is 9.00 Å². The Kier molecular flexibility index (Phi) is 93.2. The molecule has 0 N–H and O–H groups in total. The fourth-order valence-electron chi connectivity index (χ4n) is 0.0575. The summed E-state index contributed by atoms with van der Waals surface area (Å²) < 4.78 is 24.5. The fraction of sp³-hybridized carbons (Fsp3) is 0.667. The Morgan fingerprint density at radius 3 is 1.36 bits per heavy atom. The van der Waals surface area contributed by atoms with Crippen molar-refractivity contribution >= 4 is 28.8 Å². The van der Waals surface area contributed by atoms with E-state index >= 15 is 0 Å². The molecule has 0 aromatic rings. The molecule has 0 atom stereocenters. The van der Waals surface area contributed by atoms with Gasteiger partial charge in [0.05, 0.1) is 0 Å². The molecule has 84 valence electrons. The van der Waals surface area contributed by atoms with Crippen LogP contribution in [0.3, 0.4) is 0 Å². The van der Waals surface area contributed by atoms with E-state index in [2.05, 4.69) is 8.73 Å². The molecule has 0 rings (SSSR count). The zero-order valence-electron chi connectivity index (χ0n) is 7.22. The van der Waals surface area contributed by atoms with Gasteiger partial charge in [-0.3, -0.25) is 4.79 Å². The van der Waals surface area contributed by atoms with Crippen LogP contribution in [-0.4, -0.2) is 13.0 Å². The molecular weight excluding hydrogens is 646 g/mol. The summed E-state index contributed by atoms with van der Waals surface area (Å²) >= 11 is -0.577. The molecule has 0 aromatic carbocycles. The summed E-state index contributed by atoms with van der Waals surface area (Å²) in [6.07, 6.45) is 0. The Labute approximate surface area is 142 Å². The van der Waals surface area contributed by atoms with Crippen LogP contribution >= 0.6 is 0 Å². The summed E-state index contributed by atoms with van der Waals surface area (Å²) in [4.78, 5) is 9.67. The average Bonchev–Trinajstić information content (AvgIpc) is 1.89. The van der Waals surface area contributed by atoms with Crippen molar-refractivity contribution in [1.82, 2.24) is 0 Å². The average molecular weight is 654 g/mol. The van der Waals surface area contributed by atoms with E-state index < -0.39 is 17.4 Å². The number of hydrogen-bond acceptors (Lipinski definition) is 6. The van der Waals surface area contributed by atoms with Crippen molar-refractivity contribution in [3.05, 3.63) is 0 Å². The van der Waals surface area contributed by atoms with Gasteiger partial charge in [-0.1, -0.05) is 0 Å². The van der Waals surface area contributed by atoms with Crippen LogP contribution in [0.2, 0.25) is 0 Å². The van der Waals surface area contributed by atoms with E-state index in [0.29, 0.717) is 0 Å². The molecule has 1 amide bonds. The van der Waals surface area contributed by atoms with Gasteiger partial charge in [-0.05, 0) is 0 Å². The van der Waals surface area contributed by atoms with Crippen LogP contribution < -0.4 is 0 Å². The van der Waals surface area contributed by atoms with Gasteiger partial charge < -0.3 is 17.1 Å². The smallest absolute Gasteiger partial charge is 0.219 e. The number of carbonyl (C=O) groups excluding carboxylic acids is 1. The van der Waals surface area contributed by atoms with Gasteiger partial charge in [0, 0.05) is 93.2 Å². The van der Waals surface area contributed by atoms with E-state index in [1.54, 1.807) is 0 Å². The molecule has 14 heavy (non-hydrogen) atoms. The topological polar surface area (TPSA) is 75.9 Å². The Balaban J connectivity index is -0.0000000185. The number of rotatable bonds is 0. The number of amides is 1. The zero-order valence-corrected chi connectivity index (χ0v) is 17.7. The van der Waals surface area contributed by atoms with Gasteiger partial charge >= 0.3 is 0 Å². The third kappa shape index (κ3) is 64.9. The van der Waals surface area contributed by atoms with Crippen molar-refractivity contribution in [2.75, 3.05) is 7.05 Å². The van der Waals surface area contributed by atoms with Crippen molar-refractivity contribution in [2.45, 2.75) is 6.92 Å². The summed E-state index contributed by atoms with van der Waals surface area (Å²) in [7, 11) is 1.48. The first kappa shape index (κ1) is 36.0. The van der Waals surface area contributed by atoms with Crippen LogP contribution in [0.5, 0.6) is 0 Å². The van der Waals surface area contributed by atoms with Crippen molar-refractivity contribution in [2.24, 2.45) is 8.73 Å². The van der Waals surface area contributed by atoms with Gasteiger partial charge in [0.15, 0.2) is 0 Å². The first-order valence-corrected chi connectivity index (χ1v) is 3.67. The minimum atomic E-state index is -0.451. The SMILES string of the molecule is CC(=O)N=[SH-]=O.CN=[SH-]=O.[V].[V].[W].[W]. The van der Waals surface area contributed by atoms with Gasteiger partial charge in [0.2, 0.25) is 5.91 Å². The van der Waals surface area contributed by atoms with E-state index in [-0.39, 0.29) is 90.7 Å². The maximum atomic E-state index is 9.67. The van der Waals surface area contributed by atoms with E-state index in [0.717, 1.165) is 0 Å². The molecule has 2 radical (unpaired) electrons. The maximum absolute atomic E-state index is 9.67. The van der Waals surface area contributed by atoms with Gasteiger partial charge in [-0.25, -0.2) is 11.5 Å². The van der Waals surface area contributed by atoms with E-state index in [1.807, 2.05) is 0 Å². The summed E-state index contributed by atoms with van der Waals surface area (Å²) in [6, 6.07) is 0. The molecule has 0 bridgehead atoms. The van der Waals surface area contributed by atoms with Gasteiger partial charge in [-0.15, -0.1) is 0 Å². The third-order valence-electron chi connectivity index (χ3n) is 0.263. The predicted molar refractivity (Wildman–Crippen MR) is 40.4 cm³/mol.